The van der Waals surface area contributed by atoms with Crippen LogP contribution in [0.1, 0.15) is 11.1 Å². The monoisotopic (exact) mass is 346 g/mol. The van der Waals surface area contributed by atoms with E-state index in [2.05, 4.69) is 65.8 Å². The van der Waals surface area contributed by atoms with E-state index in [-0.39, 0.29) is 0 Å². The van der Waals surface area contributed by atoms with Gasteiger partial charge in [0.2, 0.25) is 0 Å². The number of ether oxygens (including phenoxy) is 1. The summed E-state index contributed by atoms with van der Waals surface area (Å²) in [5.74, 6) is 0.891. The number of para-hydroxylation sites is 2. The number of hydrogen-bond acceptors (Lipinski definition) is 3. The van der Waals surface area contributed by atoms with Crippen molar-refractivity contribution in [3.8, 4) is 5.75 Å². The van der Waals surface area contributed by atoms with Crippen LogP contribution in [0.25, 0.3) is 0 Å². The molecule has 134 valence electrons. The second-order valence-electron chi connectivity index (χ2n) is 6.42. The van der Waals surface area contributed by atoms with Gasteiger partial charge < -0.3 is 15.0 Å². The Labute approximate surface area is 156 Å². The van der Waals surface area contributed by atoms with E-state index in [1.165, 1.54) is 11.1 Å². The third kappa shape index (κ3) is 5.64. The summed E-state index contributed by atoms with van der Waals surface area (Å²) in [7, 11) is 2.15. The van der Waals surface area contributed by atoms with E-state index in [0.29, 0.717) is 6.61 Å². The van der Waals surface area contributed by atoms with Crippen LogP contribution in [0, 0.1) is 0 Å². The van der Waals surface area contributed by atoms with Crippen molar-refractivity contribution in [1.29, 1.82) is 0 Å². The maximum Gasteiger partial charge on any atom is 0.142 e. The molecule has 0 saturated carbocycles. The third-order valence-electron chi connectivity index (χ3n) is 4.23. The summed E-state index contributed by atoms with van der Waals surface area (Å²) in [6.45, 7) is 3.36. The minimum absolute atomic E-state index is 0.577. The first-order valence-electron chi connectivity index (χ1n) is 9.03. The maximum atomic E-state index is 6.00. The second-order valence-corrected chi connectivity index (χ2v) is 6.42. The van der Waals surface area contributed by atoms with E-state index >= 15 is 0 Å². The van der Waals surface area contributed by atoms with Crippen molar-refractivity contribution >= 4 is 5.69 Å². The summed E-state index contributed by atoms with van der Waals surface area (Å²) in [6.07, 6.45) is 0. The quantitative estimate of drug-likeness (QED) is 0.602. The van der Waals surface area contributed by atoms with Crippen molar-refractivity contribution in [3.63, 3.8) is 0 Å². The Morgan fingerprint density at radius 1 is 0.769 bits per heavy atom. The predicted molar refractivity (Wildman–Crippen MR) is 108 cm³/mol. The Bertz CT molecular complexity index is 774. The van der Waals surface area contributed by atoms with Crippen LogP contribution >= 0.6 is 0 Å². The number of rotatable bonds is 9. The van der Waals surface area contributed by atoms with E-state index in [4.69, 9.17) is 4.74 Å². The standard InChI is InChI=1S/C23H26N2O/c1-25(18-20-10-4-2-5-11-20)17-16-24-22-14-8-9-15-23(22)26-19-21-12-6-3-7-13-21/h2-15,24H,16-19H2,1H3. The van der Waals surface area contributed by atoms with Gasteiger partial charge in [0.25, 0.3) is 0 Å². The molecule has 0 radical (unpaired) electrons. The molecule has 3 nitrogen and oxygen atoms in total. The van der Waals surface area contributed by atoms with Gasteiger partial charge in [0.1, 0.15) is 12.4 Å². The molecule has 0 aliphatic heterocycles. The highest BCUT2D eigenvalue weighted by atomic mass is 16.5. The number of likely N-dealkylation sites (N-methyl/N-ethyl adjacent to an activating group) is 1. The van der Waals surface area contributed by atoms with Gasteiger partial charge in [-0.2, -0.15) is 0 Å². The van der Waals surface area contributed by atoms with Crippen LogP contribution in [0.3, 0.4) is 0 Å². The van der Waals surface area contributed by atoms with E-state index in [1.54, 1.807) is 0 Å². The van der Waals surface area contributed by atoms with Crippen molar-refractivity contribution in [2.75, 3.05) is 25.5 Å². The highest BCUT2D eigenvalue weighted by molar-refractivity contribution is 5.56. The zero-order chi connectivity index (χ0) is 18.0. The first-order chi connectivity index (χ1) is 12.8. The minimum Gasteiger partial charge on any atom is -0.487 e. The van der Waals surface area contributed by atoms with Crippen molar-refractivity contribution in [1.82, 2.24) is 4.90 Å². The maximum absolute atomic E-state index is 6.00. The van der Waals surface area contributed by atoms with Crippen molar-refractivity contribution in [2.45, 2.75) is 13.2 Å². The predicted octanol–water partition coefficient (Wildman–Crippen LogP) is 4.81. The molecule has 26 heavy (non-hydrogen) atoms. The lowest BCUT2D eigenvalue weighted by atomic mass is 10.2. The number of nitrogens with zero attached hydrogens (tertiary/aromatic N) is 1. The second kappa shape index (κ2) is 9.64. The summed E-state index contributed by atoms with van der Waals surface area (Å²) in [5.41, 5.74) is 3.54. The normalized spacial score (nSPS) is 10.7. The smallest absolute Gasteiger partial charge is 0.142 e. The fourth-order valence-electron chi connectivity index (χ4n) is 2.83. The van der Waals surface area contributed by atoms with E-state index in [0.717, 1.165) is 31.1 Å². The summed E-state index contributed by atoms with van der Waals surface area (Å²) >= 11 is 0. The third-order valence-corrected chi connectivity index (χ3v) is 4.23. The van der Waals surface area contributed by atoms with E-state index in [9.17, 15) is 0 Å². The van der Waals surface area contributed by atoms with Gasteiger partial charge in [-0.1, -0.05) is 72.8 Å². The number of hydrogen-bond donors (Lipinski definition) is 1. The van der Waals surface area contributed by atoms with Crippen LogP contribution in [-0.4, -0.2) is 25.0 Å². The molecular formula is C23H26N2O. The SMILES string of the molecule is CN(CCNc1ccccc1OCc1ccccc1)Cc1ccccc1. The zero-order valence-electron chi connectivity index (χ0n) is 15.3. The van der Waals surface area contributed by atoms with Gasteiger partial charge in [-0.3, -0.25) is 0 Å². The molecular weight excluding hydrogens is 320 g/mol. The lowest BCUT2D eigenvalue weighted by molar-refractivity contribution is 0.307. The topological polar surface area (TPSA) is 24.5 Å². The Morgan fingerprint density at radius 3 is 2.12 bits per heavy atom. The molecule has 0 fully saturated rings. The van der Waals surface area contributed by atoms with Crippen molar-refractivity contribution in [2.24, 2.45) is 0 Å². The molecule has 0 bridgehead atoms. The zero-order valence-corrected chi connectivity index (χ0v) is 15.3. The Morgan fingerprint density at radius 2 is 1.38 bits per heavy atom. The Balaban J connectivity index is 1.48. The summed E-state index contributed by atoms with van der Waals surface area (Å²) in [4.78, 5) is 2.32. The first-order valence-corrected chi connectivity index (χ1v) is 9.03. The molecule has 3 heteroatoms. The lowest BCUT2D eigenvalue weighted by Crippen LogP contribution is -2.24. The van der Waals surface area contributed by atoms with Gasteiger partial charge in [-0.25, -0.2) is 0 Å². The van der Waals surface area contributed by atoms with Gasteiger partial charge >= 0.3 is 0 Å². The minimum atomic E-state index is 0.577. The highest BCUT2D eigenvalue weighted by Crippen LogP contribution is 2.24. The molecule has 0 aromatic heterocycles. The van der Waals surface area contributed by atoms with Gasteiger partial charge in [0.15, 0.2) is 0 Å². The highest BCUT2D eigenvalue weighted by Gasteiger charge is 2.04. The van der Waals surface area contributed by atoms with E-state index < -0.39 is 0 Å². The van der Waals surface area contributed by atoms with Crippen LogP contribution in [-0.2, 0) is 13.2 Å². The molecule has 0 atom stereocenters. The molecule has 0 amide bonds. The summed E-state index contributed by atoms with van der Waals surface area (Å²) in [6, 6.07) is 28.9. The van der Waals surface area contributed by atoms with Crippen LogP contribution in [0.4, 0.5) is 5.69 Å². The van der Waals surface area contributed by atoms with Gasteiger partial charge in [0, 0.05) is 19.6 Å². The molecule has 0 aliphatic carbocycles. The molecule has 1 N–H and O–H groups in total. The molecule has 3 aromatic rings. The number of anilines is 1. The first kappa shape index (κ1) is 18.0. The van der Waals surface area contributed by atoms with Crippen molar-refractivity contribution < 1.29 is 4.74 Å². The Hall–Kier alpha value is -2.78. The average Bonchev–Trinajstić information content (AvgIpc) is 2.69. The molecule has 0 unspecified atom stereocenters. The van der Waals surface area contributed by atoms with Crippen LogP contribution in [0.5, 0.6) is 5.75 Å². The number of benzene rings is 3. The Kier molecular flexibility index (Phi) is 6.68. The average molecular weight is 346 g/mol. The van der Waals surface area contributed by atoms with Crippen LogP contribution in [0.2, 0.25) is 0 Å². The van der Waals surface area contributed by atoms with Crippen molar-refractivity contribution in [3.05, 3.63) is 96.1 Å². The van der Waals surface area contributed by atoms with Gasteiger partial charge in [-0.15, -0.1) is 0 Å². The summed E-state index contributed by atoms with van der Waals surface area (Å²) < 4.78 is 6.00. The van der Waals surface area contributed by atoms with Crippen LogP contribution < -0.4 is 10.1 Å². The van der Waals surface area contributed by atoms with E-state index in [1.807, 2.05) is 36.4 Å². The molecule has 3 aromatic carbocycles. The van der Waals surface area contributed by atoms with Gasteiger partial charge in [-0.05, 0) is 30.3 Å². The molecule has 0 spiro atoms. The molecule has 0 aliphatic rings. The fourth-order valence-corrected chi connectivity index (χ4v) is 2.83. The largest absolute Gasteiger partial charge is 0.487 e. The molecule has 3 rings (SSSR count). The fraction of sp³-hybridized carbons (Fsp3) is 0.217. The summed E-state index contributed by atoms with van der Waals surface area (Å²) in [5, 5.41) is 3.50. The lowest BCUT2D eigenvalue weighted by Gasteiger charge is -2.18. The molecule has 0 saturated heterocycles. The van der Waals surface area contributed by atoms with Gasteiger partial charge in [0.05, 0.1) is 5.69 Å². The molecule has 0 heterocycles. The number of nitrogens with one attached hydrogen (secondary N) is 1. The van der Waals surface area contributed by atoms with Crippen LogP contribution in [0.15, 0.2) is 84.9 Å².